The summed E-state index contributed by atoms with van der Waals surface area (Å²) in [4.78, 5) is 155. The summed E-state index contributed by atoms with van der Waals surface area (Å²) in [5.41, 5.74) is 15.0. The van der Waals surface area contributed by atoms with Crippen molar-refractivity contribution in [2.24, 2.45) is 29.0 Å². The molecule has 1 aromatic rings. The first-order chi connectivity index (χ1) is 38.0. The monoisotopic (exact) mass is 1150 g/mol. The number of carboxylic acid groups (broad SMARTS) is 1. The van der Waals surface area contributed by atoms with Crippen molar-refractivity contribution in [3.05, 3.63) is 38.4 Å². The minimum absolute atomic E-state index is 0.0587. The molecule has 0 aliphatic carbocycles. The molecule has 81 heavy (non-hydrogen) atoms. The molecule has 33 nitrogen and oxygen atoms in total. The summed E-state index contributed by atoms with van der Waals surface area (Å²) in [5.74, 6) is -9.09. The van der Waals surface area contributed by atoms with Gasteiger partial charge >= 0.3 is 5.97 Å². The van der Waals surface area contributed by atoms with E-state index in [1.807, 2.05) is 0 Å². The fourth-order valence-corrected chi connectivity index (χ4v) is 8.20. The second-order valence-electron chi connectivity index (χ2n) is 20.0. The van der Waals surface area contributed by atoms with Crippen LogP contribution in [0.1, 0.15) is 98.8 Å². The van der Waals surface area contributed by atoms with Crippen LogP contribution >= 0.6 is 0 Å². The van der Waals surface area contributed by atoms with Gasteiger partial charge in [-0.25, -0.2) is 0 Å². The van der Waals surface area contributed by atoms with Gasteiger partial charge < -0.3 is 80.4 Å². The maximum atomic E-state index is 14.1. The minimum atomic E-state index is -1.75. The molecule has 1 saturated heterocycles. The lowest BCUT2D eigenvalue weighted by Gasteiger charge is -2.29. The molecule has 1 radical (unpaired) electrons. The van der Waals surface area contributed by atoms with E-state index in [4.69, 9.17) is 33.1 Å². The molecule has 0 unspecified atom stereocenters. The zero-order valence-electron chi connectivity index (χ0n) is 45.8. The summed E-state index contributed by atoms with van der Waals surface area (Å²) in [6.45, 7) is 7.42. The molecule has 0 saturated carbocycles. The van der Waals surface area contributed by atoms with Crippen LogP contribution < -0.4 is 70.4 Å². The zero-order valence-corrected chi connectivity index (χ0v) is 45.8. The number of nitrogens with two attached hydrogens (primary N) is 3. The third kappa shape index (κ3) is 24.8. The third-order valence-corrected chi connectivity index (χ3v) is 12.3. The molecule has 1 aliphatic heterocycles. The number of amides is 8. The molecule has 1 aliphatic rings. The molecule has 2 rings (SSSR count). The Morgan fingerprint density at radius 2 is 1.30 bits per heavy atom. The van der Waals surface area contributed by atoms with Gasteiger partial charge in [-0.2, -0.15) is 0 Å². The predicted octanol–water partition coefficient (Wildman–Crippen LogP) is -3.13. The van der Waals surface area contributed by atoms with E-state index in [-0.39, 0.29) is 75.1 Å². The van der Waals surface area contributed by atoms with Gasteiger partial charge in [0.15, 0.2) is 11.9 Å². The number of carboxylic acids is 1. The Morgan fingerprint density at radius 1 is 0.728 bits per heavy atom. The third-order valence-electron chi connectivity index (χ3n) is 12.3. The average Bonchev–Trinajstić information content (AvgIpc) is 3.94. The van der Waals surface area contributed by atoms with Gasteiger partial charge in [0.2, 0.25) is 53.5 Å². The first kappa shape index (κ1) is 68.3. The van der Waals surface area contributed by atoms with Gasteiger partial charge in [0, 0.05) is 38.7 Å². The lowest BCUT2D eigenvalue weighted by atomic mass is 10.0. The quantitative estimate of drug-likeness (QED) is 0.0104. The summed E-state index contributed by atoms with van der Waals surface area (Å²) in [5, 5.41) is 72.1. The van der Waals surface area contributed by atoms with Gasteiger partial charge in [0.25, 0.3) is 11.4 Å². The van der Waals surface area contributed by atoms with Crippen LogP contribution in [0.3, 0.4) is 0 Å². The van der Waals surface area contributed by atoms with E-state index in [1.54, 1.807) is 27.7 Å². The van der Waals surface area contributed by atoms with Gasteiger partial charge in [-0.15, -0.1) is 0 Å². The number of rotatable bonds is 36. The van der Waals surface area contributed by atoms with Crippen molar-refractivity contribution >= 4 is 88.5 Å². The number of nitrogens with one attached hydrogen (secondary N) is 12. The number of guanidine groups is 2. The van der Waals surface area contributed by atoms with Crippen LogP contribution in [0.2, 0.25) is 0 Å². The van der Waals surface area contributed by atoms with Crippen LogP contribution in [-0.4, -0.2) is 172 Å². The smallest absolute Gasteiger partial charge is 0.303 e. The van der Waals surface area contributed by atoms with Crippen LogP contribution in [0.4, 0.5) is 17.1 Å². The number of aliphatic carboxylic acids is 1. The maximum absolute atomic E-state index is 14.1. The highest BCUT2D eigenvalue weighted by Gasteiger charge is 2.38. The Bertz CT molecular complexity index is 2440. The number of nitrogens with zero attached hydrogens (tertiary/aromatic N) is 3. The minimum Gasteiger partial charge on any atom is -0.481 e. The van der Waals surface area contributed by atoms with E-state index in [9.17, 15) is 68.2 Å². The number of hydrogen-bond acceptors (Lipinski definition) is 18. The number of nitro benzene ring substituents is 2. The number of non-ortho nitro benzene ring substituents is 1. The fraction of sp³-hybridized carbons (Fsp3) is 0.625. The molecule has 0 aromatic heterocycles. The van der Waals surface area contributed by atoms with E-state index in [2.05, 4.69) is 53.2 Å². The molecule has 0 spiro atoms. The molecular weight excluding hydrogens is 1070 g/mol. The first-order valence-electron chi connectivity index (χ1n) is 26.1. The maximum Gasteiger partial charge on any atom is 0.303 e. The molecule has 449 valence electrons. The second-order valence-corrected chi connectivity index (χ2v) is 20.0. The summed E-state index contributed by atoms with van der Waals surface area (Å²) in [6.07, 6.45) is 2.17. The van der Waals surface area contributed by atoms with Gasteiger partial charge in [0.05, 0.1) is 34.5 Å². The second kappa shape index (κ2) is 34.3. The lowest BCUT2D eigenvalue weighted by molar-refractivity contribution is -0.393. The summed E-state index contributed by atoms with van der Waals surface area (Å²) in [7, 11) is 0. The van der Waals surface area contributed by atoms with Crippen molar-refractivity contribution in [3.8, 4) is 0 Å². The van der Waals surface area contributed by atoms with E-state index < -0.39 is 148 Å². The van der Waals surface area contributed by atoms with Crippen molar-refractivity contribution in [1.82, 2.24) is 52.8 Å². The van der Waals surface area contributed by atoms with E-state index >= 15 is 0 Å². The number of hydrogen-bond donors (Lipinski definition) is 16. The van der Waals surface area contributed by atoms with Crippen LogP contribution in [0, 0.1) is 42.9 Å². The topological polar surface area (TPSA) is 527 Å². The van der Waals surface area contributed by atoms with Gasteiger partial charge in [-0.1, -0.05) is 27.7 Å². The van der Waals surface area contributed by atoms with Gasteiger partial charge in [-0.05, 0) is 82.6 Å². The number of carbonyl (C=O) groups is 9. The molecule has 1 fully saturated rings. The van der Waals surface area contributed by atoms with Crippen molar-refractivity contribution in [2.45, 2.75) is 147 Å². The molecule has 33 heteroatoms. The molecule has 19 N–H and O–H groups in total. The fourth-order valence-electron chi connectivity index (χ4n) is 8.20. The number of anilines is 1. The Kier molecular flexibility index (Phi) is 28.9. The predicted molar refractivity (Wildman–Crippen MR) is 291 cm³/mol. The largest absolute Gasteiger partial charge is 0.481 e. The highest BCUT2D eigenvalue weighted by molar-refractivity contribution is 5.97. The van der Waals surface area contributed by atoms with E-state index in [1.165, 1.54) is 18.1 Å². The van der Waals surface area contributed by atoms with Crippen molar-refractivity contribution in [1.29, 1.82) is 10.8 Å². The first-order valence-corrected chi connectivity index (χ1v) is 26.1. The van der Waals surface area contributed by atoms with Crippen LogP contribution in [-0.2, 0) is 47.9 Å². The Hall–Kier alpha value is -8.78. The molecular formula is C48H77N18O15. The van der Waals surface area contributed by atoms with Crippen LogP contribution in [0.5, 0.6) is 0 Å². The highest BCUT2D eigenvalue weighted by Crippen LogP contribution is 2.29. The number of nitro groups is 2. The van der Waals surface area contributed by atoms with Gasteiger partial charge in [-0.3, -0.25) is 79.0 Å². The summed E-state index contributed by atoms with van der Waals surface area (Å²) >= 11 is 0. The van der Waals surface area contributed by atoms with Crippen LogP contribution in [0.15, 0.2) is 18.2 Å². The van der Waals surface area contributed by atoms with E-state index in [0.29, 0.717) is 31.9 Å². The Labute approximate surface area is 466 Å². The number of carbonyl (C=O) groups excluding carboxylic acids is 9. The standard InChI is InChI=1S/C48H77N18O15/c1-25(2)19-33(62-45(76)36-11-8-18-64(36)46(77)30(49)9-6-16-54-47(50)51)41(72)57-23-38(68)60-34(20-26(3)4)43(74)63-35(22-56-31-14-13-29(65(78)79)21-37(31)66(80)81)44(75)58-27(5)40(71)61-32(10-7-17-55-48(52)53)42(73)59-28(24-67)12-15-39(69)70/h13-14,21,25-28,30,32-36,56H,6-12,15-20,22-23,49H2,1-5H3,(H,57,72)(H,58,75)(H,59,73)(H,60,68)(H,61,71)(H,62,76)(H,63,74)(H,69,70)(H4,50,51,54)(H4,52,53,55)/t27-,28+,30+,32+,33-,34-,35-,36-/m0/s1. The average molecular weight is 1150 g/mol. The Morgan fingerprint density at radius 3 is 1.85 bits per heavy atom. The zero-order chi connectivity index (χ0) is 61.1. The van der Waals surface area contributed by atoms with Gasteiger partial charge in [0.1, 0.15) is 41.9 Å². The van der Waals surface area contributed by atoms with Crippen molar-refractivity contribution < 1.29 is 62.9 Å². The lowest BCUT2D eigenvalue weighted by Crippen LogP contribution is -2.60. The van der Waals surface area contributed by atoms with Crippen molar-refractivity contribution in [3.63, 3.8) is 0 Å². The summed E-state index contributed by atoms with van der Waals surface area (Å²) in [6, 6.07) is -7.95. The summed E-state index contributed by atoms with van der Waals surface area (Å²) < 4.78 is 0. The highest BCUT2D eigenvalue weighted by atomic mass is 16.6. The van der Waals surface area contributed by atoms with E-state index in [0.717, 1.165) is 12.1 Å². The van der Waals surface area contributed by atoms with Crippen LogP contribution in [0.25, 0.3) is 0 Å². The normalized spacial score (nSPS) is 15.4. The molecule has 8 atom stereocenters. The number of likely N-dealkylation sites (tertiary alicyclic amines) is 1. The Balaban J connectivity index is 2.35. The molecule has 1 heterocycles. The molecule has 8 amide bonds. The molecule has 0 bridgehead atoms. The molecule has 1 aromatic carbocycles. The SMILES string of the molecule is CC(C)C[C@H](NC(=O)CNC(=O)[C@H](CC(C)C)NC(=O)[C@@H]1CCCN1C(=O)[C@H](N)CCCNC(=N)N)C(=O)N[C@@H](CNc1ccc([N+](=O)[O-])cc1[N+](=O)[O-])C(=O)N[C@@H](C)C(=O)N[C@H](CCCNC(=N)N)C(=O)N[C@@H]([C]=O)CCC(=O)O. The van der Waals surface area contributed by atoms with Crippen molar-refractivity contribution in [2.75, 3.05) is 38.0 Å². The number of benzene rings is 1.